The summed E-state index contributed by atoms with van der Waals surface area (Å²) >= 11 is 1.60. The van der Waals surface area contributed by atoms with Crippen LogP contribution >= 0.6 is 11.3 Å². The van der Waals surface area contributed by atoms with Crippen LogP contribution in [0.15, 0.2) is 42.5 Å². The fraction of sp³-hybridized carbons (Fsp3) is 0.0667. The van der Waals surface area contributed by atoms with Gasteiger partial charge in [-0.15, -0.1) is 0 Å². The van der Waals surface area contributed by atoms with Gasteiger partial charge in [0.15, 0.2) is 5.13 Å². The Morgan fingerprint density at radius 3 is 2.65 bits per heavy atom. The van der Waals surface area contributed by atoms with E-state index in [-0.39, 0.29) is 0 Å². The van der Waals surface area contributed by atoms with E-state index in [9.17, 15) is 4.79 Å². The zero-order valence-corrected chi connectivity index (χ0v) is 11.7. The van der Waals surface area contributed by atoms with E-state index in [0.29, 0.717) is 5.56 Å². The third-order valence-electron chi connectivity index (χ3n) is 2.96. The highest BCUT2D eigenvalue weighted by atomic mass is 32.1. The maximum atomic E-state index is 11.0. The number of carbonyl (C=O) groups is 1. The molecule has 1 heterocycles. The Hall–Kier alpha value is -2.40. The summed E-state index contributed by atoms with van der Waals surface area (Å²) in [5.41, 5.74) is 8.77. The number of thiazole rings is 1. The van der Waals surface area contributed by atoms with E-state index in [1.165, 1.54) is 5.56 Å². The quantitative estimate of drug-likeness (QED) is 0.773. The van der Waals surface area contributed by atoms with Crippen molar-refractivity contribution in [2.24, 2.45) is 5.73 Å². The molecule has 3 N–H and O–H groups in total. The molecule has 0 aliphatic heterocycles. The molecule has 3 rings (SSSR count). The second-order valence-corrected chi connectivity index (χ2v) is 5.59. The zero-order chi connectivity index (χ0) is 14.1. The molecule has 20 heavy (non-hydrogen) atoms. The highest BCUT2D eigenvalue weighted by Crippen LogP contribution is 2.28. The first-order valence-electron chi connectivity index (χ1n) is 6.16. The van der Waals surface area contributed by atoms with Crippen molar-refractivity contribution < 1.29 is 4.79 Å². The minimum absolute atomic E-state index is 0.424. The smallest absolute Gasteiger partial charge is 0.248 e. The number of aromatic nitrogens is 1. The second-order valence-electron chi connectivity index (χ2n) is 4.56. The number of benzene rings is 2. The highest BCUT2D eigenvalue weighted by Gasteiger charge is 2.05. The van der Waals surface area contributed by atoms with Gasteiger partial charge < -0.3 is 11.1 Å². The molecule has 0 saturated carbocycles. The number of aryl methyl sites for hydroxylation is 1. The van der Waals surface area contributed by atoms with Crippen molar-refractivity contribution in [2.45, 2.75) is 6.92 Å². The molecule has 0 aliphatic carbocycles. The van der Waals surface area contributed by atoms with Crippen molar-refractivity contribution in [1.82, 2.24) is 4.98 Å². The Morgan fingerprint density at radius 2 is 1.95 bits per heavy atom. The van der Waals surface area contributed by atoms with Crippen LogP contribution in [-0.2, 0) is 0 Å². The Kier molecular flexibility index (Phi) is 3.12. The van der Waals surface area contributed by atoms with Crippen LogP contribution in [0.1, 0.15) is 15.9 Å². The zero-order valence-electron chi connectivity index (χ0n) is 10.9. The molecular formula is C15H13N3OS. The minimum Gasteiger partial charge on any atom is -0.366 e. The number of fused-ring (bicyclic) bond motifs is 1. The molecule has 4 nitrogen and oxygen atoms in total. The molecule has 1 amide bonds. The molecule has 1 aromatic heterocycles. The number of primary amides is 1. The molecule has 0 radical (unpaired) electrons. The maximum absolute atomic E-state index is 11.0. The molecule has 2 aromatic carbocycles. The largest absolute Gasteiger partial charge is 0.366 e. The summed E-state index contributed by atoms with van der Waals surface area (Å²) in [6, 6.07) is 13.2. The average molecular weight is 283 g/mol. The average Bonchev–Trinajstić information content (AvgIpc) is 2.80. The van der Waals surface area contributed by atoms with Gasteiger partial charge in [-0.2, -0.15) is 0 Å². The van der Waals surface area contributed by atoms with Gasteiger partial charge in [0.1, 0.15) is 0 Å². The lowest BCUT2D eigenvalue weighted by atomic mass is 10.2. The Balaban J connectivity index is 1.87. The lowest BCUT2D eigenvalue weighted by Gasteiger charge is -2.02. The second kappa shape index (κ2) is 4.94. The summed E-state index contributed by atoms with van der Waals surface area (Å²) in [6.07, 6.45) is 0. The molecular weight excluding hydrogens is 270 g/mol. The van der Waals surface area contributed by atoms with E-state index >= 15 is 0 Å². The topological polar surface area (TPSA) is 68.0 Å². The summed E-state index contributed by atoms with van der Waals surface area (Å²) in [6.45, 7) is 2.05. The van der Waals surface area contributed by atoms with Gasteiger partial charge in [0.05, 0.1) is 10.2 Å². The summed E-state index contributed by atoms with van der Waals surface area (Å²) in [4.78, 5) is 15.6. The molecule has 0 aliphatic rings. The van der Waals surface area contributed by atoms with Crippen molar-refractivity contribution in [3.8, 4) is 0 Å². The van der Waals surface area contributed by atoms with E-state index in [1.807, 2.05) is 12.1 Å². The van der Waals surface area contributed by atoms with E-state index in [1.54, 1.807) is 23.5 Å². The number of nitrogens with two attached hydrogens (primary N) is 1. The third-order valence-corrected chi connectivity index (χ3v) is 3.92. The van der Waals surface area contributed by atoms with Gasteiger partial charge in [-0.3, -0.25) is 4.79 Å². The van der Waals surface area contributed by atoms with Gasteiger partial charge in [-0.05, 0) is 48.9 Å². The predicted octanol–water partition coefficient (Wildman–Crippen LogP) is 3.45. The number of anilines is 2. The molecule has 100 valence electrons. The molecule has 3 aromatic rings. The summed E-state index contributed by atoms with van der Waals surface area (Å²) in [5.74, 6) is -0.424. The van der Waals surface area contributed by atoms with Gasteiger partial charge in [-0.25, -0.2) is 4.98 Å². The highest BCUT2D eigenvalue weighted by molar-refractivity contribution is 7.22. The molecule has 5 heteroatoms. The van der Waals surface area contributed by atoms with Crippen molar-refractivity contribution in [3.05, 3.63) is 53.6 Å². The fourth-order valence-electron chi connectivity index (χ4n) is 1.93. The van der Waals surface area contributed by atoms with Gasteiger partial charge in [0, 0.05) is 11.3 Å². The normalized spacial score (nSPS) is 10.7. The number of hydrogen-bond acceptors (Lipinski definition) is 4. The van der Waals surface area contributed by atoms with Crippen LogP contribution in [-0.4, -0.2) is 10.9 Å². The SMILES string of the molecule is Cc1ccc2sc(Nc3ccc(C(N)=O)cc3)nc2c1. The first kappa shape index (κ1) is 12.6. The molecule has 0 bridgehead atoms. The Bertz CT molecular complexity index is 777. The van der Waals surface area contributed by atoms with Gasteiger partial charge in [-0.1, -0.05) is 17.4 Å². The van der Waals surface area contributed by atoms with Crippen LogP contribution in [0.2, 0.25) is 0 Å². The van der Waals surface area contributed by atoms with E-state index in [4.69, 9.17) is 5.73 Å². The monoisotopic (exact) mass is 283 g/mol. The summed E-state index contributed by atoms with van der Waals surface area (Å²) < 4.78 is 1.15. The lowest BCUT2D eigenvalue weighted by molar-refractivity contribution is 0.100. The van der Waals surface area contributed by atoms with Gasteiger partial charge in [0.2, 0.25) is 5.91 Å². The number of amides is 1. The van der Waals surface area contributed by atoms with Crippen LogP contribution in [0.5, 0.6) is 0 Å². The van der Waals surface area contributed by atoms with Crippen LogP contribution < -0.4 is 11.1 Å². The lowest BCUT2D eigenvalue weighted by Crippen LogP contribution is -2.10. The summed E-state index contributed by atoms with van der Waals surface area (Å²) in [7, 11) is 0. The van der Waals surface area contributed by atoms with Crippen LogP contribution in [0.25, 0.3) is 10.2 Å². The Morgan fingerprint density at radius 1 is 1.20 bits per heavy atom. The van der Waals surface area contributed by atoms with Crippen LogP contribution in [0, 0.1) is 6.92 Å². The molecule has 0 spiro atoms. The van der Waals surface area contributed by atoms with Gasteiger partial charge >= 0.3 is 0 Å². The fourth-order valence-corrected chi connectivity index (χ4v) is 2.80. The number of carbonyl (C=O) groups excluding carboxylic acids is 1. The molecule has 0 fully saturated rings. The molecule has 0 saturated heterocycles. The van der Waals surface area contributed by atoms with Crippen LogP contribution in [0.4, 0.5) is 10.8 Å². The van der Waals surface area contributed by atoms with E-state index in [0.717, 1.165) is 21.0 Å². The third kappa shape index (κ3) is 2.48. The number of rotatable bonds is 3. The first-order valence-corrected chi connectivity index (χ1v) is 6.97. The van der Waals surface area contributed by atoms with Crippen molar-refractivity contribution in [2.75, 3.05) is 5.32 Å². The van der Waals surface area contributed by atoms with Gasteiger partial charge in [0.25, 0.3) is 0 Å². The van der Waals surface area contributed by atoms with Crippen molar-refractivity contribution >= 4 is 38.3 Å². The van der Waals surface area contributed by atoms with E-state index < -0.39 is 5.91 Å². The number of nitrogens with zero attached hydrogens (tertiary/aromatic N) is 1. The maximum Gasteiger partial charge on any atom is 0.248 e. The first-order chi connectivity index (χ1) is 9.61. The minimum atomic E-state index is -0.424. The Labute approximate surface area is 120 Å². The van der Waals surface area contributed by atoms with E-state index in [2.05, 4.69) is 35.4 Å². The number of nitrogens with one attached hydrogen (secondary N) is 1. The van der Waals surface area contributed by atoms with Crippen molar-refractivity contribution in [1.29, 1.82) is 0 Å². The van der Waals surface area contributed by atoms with Crippen molar-refractivity contribution in [3.63, 3.8) is 0 Å². The predicted molar refractivity (Wildman–Crippen MR) is 82.6 cm³/mol. The summed E-state index contributed by atoms with van der Waals surface area (Å²) in [5, 5.41) is 4.07. The van der Waals surface area contributed by atoms with Crippen LogP contribution in [0.3, 0.4) is 0 Å². The molecule has 0 atom stereocenters. The standard InChI is InChI=1S/C15H13N3OS/c1-9-2-7-13-12(8-9)18-15(20-13)17-11-5-3-10(4-6-11)14(16)19/h2-8H,1H3,(H2,16,19)(H,17,18). The number of hydrogen-bond donors (Lipinski definition) is 2. The molecule has 0 unspecified atom stereocenters.